The van der Waals surface area contributed by atoms with Crippen molar-refractivity contribution in [2.45, 2.75) is 19.8 Å². The molecule has 0 aromatic heterocycles. The smallest absolute Gasteiger partial charge is 0.226 e. The summed E-state index contributed by atoms with van der Waals surface area (Å²) in [5.41, 5.74) is 0. The SMILES string of the molecule is CCCCOOP1(=O)OOO1. The van der Waals surface area contributed by atoms with Gasteiger partial charge < -0.3 is 0 Å². The minimum Gasteiger partial charge on any atom is -0.226 e. The van der Waals surface area contributed by atoms with Crippen LogP contribution in [0.25, 0.3) is 0 Å². The molecule has 0 amide bonds. The van der Waals surface area contributed by atoms with E-state index in [0.717, 1.165) is 12.8 Å². The highest BCUT2D eigenvalue weighted by molar-refractivity contribution is 7.48. The molecule has 66 valence electrons. The molecule has 11 heavy (non-hydrogen) atoms. The summed E-state index contributed by atoms with van der Waals surface area (Å²) in [5.74, 6) is 0. The molecule has 0 N–H and O–H groups in total. The molecule has 1 aliphatic heterocycles. The molecular weight excluding hydrogens is 175 g/mol. The molecule has 0 aromatic rings. The van der Waals surface area contributed by atoms with Gasteiger partial charge in [-0.1, -0.05) is 22.7 Å². The lowest BCUT2D eigenvalue weighted by Crippen LogP contribution is -2.10. The van der Waals surface area contributed by atoms with Crippen molar-refractivity contribution in [2.75, 3.05) is 6.61 Å². The van der Waals surface area contributed by atoms with Crippen LogP contribution in [-0.4, -0.2) is 6.61 Å². The van der Waals surface area contributed by atoms with Crippen LogP contribution in [0.1, 0.15) is 19.8 Å². The van der Waals surface area contributed by atoms with Crippen molar-refractivity contribution < 1.29 is 28.5 Å². The Labute approximate surface area is 63.7 Å². The molecule has 0 aromatic carbocycles. The van der Waals surface area contributed by atoms with Crippen LogP contribution in [0.5, 0.6) is 0 Å². The standard InChI is InChI=1S/C4H9O6P/c1-2-3-4-6-8-11(5)9-7-10-11/h2-4H2,1H3. The molecule has 0 atom stereocenters. The first-order valence-electron chi connectivity index (χ1n) is 3.23. The Kier molecular flexibility index (Phi) is 3.45. The first-order valence-corrected chi connectivity index (χ1v) is 4.69. The average molecular weight is 184 g/mol. The Morgan fingerprint density at radius 1 is 1.45 bits per heavy atom. The largest absolute Gasteiger partial charge is 0.561 e. The van der Waals surface area contributed by atoms with E-state index in [1.54, 1.807) is 0 Å². The Morgan fingerprint density at radius 2 is 2.18 bits per heavy atom. The van der Waals surface area contributed by atoms with Crippen LogP contribution in [0.2, 0.25) is 0 Å². The zero-order chi connectivity index (χ0) is 8.16. The minimum absolute atomic E-state index is 0.354. The molecule has 1 saturated heterocycles. The highest BCUT2D eigenvalue weighted by atomic mass is 31.2. The zero-order valence-electron chi connectivity index (χ0n) is 6.02. The monoisotopic (exact) mass is 184 g/mol. The summed E-state index contributed by atoms with van der Waals surface area (Å²) in [6, 6.07) is 0. The molecule has 0 unspecified atom stereocenters. The minimum atomic E-state index is -3.48. The van der Waals surface area contributed by atoms with E-state index in [2.05, 4.69) is 23.9 Å². The van der Waals surface area contributed by atoms with Crippen molar-refractivity contribution in [1.82, 2.24) is 0 Å². The van der Waals surface area contributed by atoms with Crippen LogP contribution in [0, 0.1) is 0 Å². The fourth-order valence-electron chi connectivity index (χ4n) is 0.410. The maximum Gasteiger partial charge on any atom is 0.561 e. The number of unbranched alkanes of at least 4 members (excludes halogenated alkanes) is 1. The molecule has 1 rings (SSSR count). The summed E-state index contributed by atoms with van der Waals surface area (Å²) in [7, 11) is -3.48. The summed E-state index contributed by atoms with van der Waals surface area (Å²) in [5, 5.41) is 3.73. The Bertz CT molecular complexity index is 151. The van der Waals surface area contributed by atoms with Crippen LogP contribution in [-0.2, 0) is 28.5 Å². The van der Waals surface area contributed by atoms with Gasteiger partial charge in [-0.25, -0.2) is 9.45 Å². The second-order valence-corrected chi connectivity index (χ2v) is 3.26. The lowest BCUT2D eigenvalue weighted by Gasteiger charge is -2.18. The van der Waals surface area contributed by atoms with E-state index < -0.39 is 7.82 Å². The maximum atomic E-state index is 10.7. The Balaban J connectivity index is 1.98. The third-order valence-corrected chi connectivity index (χ3v) is 1.74. The van der Waals surface area contributed by atoms with Crippen molar-refractivity contribution in [3.63, 3.8) is 0 Å². The highest BCUT2D eigenvalue weighted by Gasteiger charge is 2.42. The van der Waals surface area contributed by atoms with E-state index >= 15 is 0 Å². The van der Waals surface area contributed by atoms with Crippen LogP contribution in [0.3, 0.4) is 0 Å². The van der Waals surface area contributed by atoms with Crippen molar-refractivity contribution in [3.05, 3.63) is 0 Å². The van der Waals surface area contributed by atoms with Crippen LogP contribution in [0.15, 0.2) is 0 Å². The molecule has 1 fully saturated rings. The normalized spacial score (nSPS) is 21.2. The quantitative estimate of drug-likeness (QED) is 0.280. The molecule has 7 heteroatoms. The predicted molar refractivity (Wildman–Crippen MR) is 32.8 cm³/mol. The van der Waals surface area contributed by atoms with Gasteiger partial charge in [0.25, 0.3) is 0 Å². The van der Waals surface area contributed by atoms with Crippen molar-refractivity contribution in [2.24, 2.45) is 0 Å². The molecule has 0 bridgehead atoms. The predicted octanol–water partition coefficient (Wildman–Crippen LogP) is 1.74. The fourth-order valence-corrected chi connectivity index (χ4v) is 0.824. The number of rotatable bonds is 5. The summed E-state index contributed by atoms with van der Waals surface area (Å²) in [6.45, 7) is 2.35. The Hall–Kier alpha value is 0.0300. The van der Waals surface area contributed by atoms with Gasteiger partial charge in [0, 0.05) is 0 Å². The molecular formula is C4H9O6P. The third kappa shape index (κ3) is 2.86. The van der Waals surface area contributed by atoms with Crippen molar-refractivity contribution in [3.8, 4) is 0 Å². The lowest BCUT2D eigenvalue weighted by atomic mass is 10.4. The number of phosphoric acid groups is 1. The molecule has 1 aliphatic rings. The van der Waals surface area contributed by atoms with Crippen LogP contribution in [0.4, 0.5) is 0 Å². The topological polar surface area (TPSA) is 63.2 Å². The maximum absolute atomic E-state index is 10.7. The second-order valence-electron chi connectivity index (χ2n) is 1.91. The first kappa shape index (κ1) is 9.12. The first-order chi connectivity index (χ1) is 5.27. The van der Waals surface area contributed by atoms with Crippen molar-refractivity contribution >= 4 is 7.82 Å². The van der Waals surface area contributed by atoms with Gasteiger partial charge in [-0.05, 0) is 11.5 Å². The molecule has 0 spiro atoms. The summed E-state index contributed by atoms with van der Waals surface area (Å²) >= 11 is 0. The molecule has 0 saturated carbocycles. The van der Waals surface area contributed by atoms with Gasteiger partial charge >= 0.3 is 7.82 Å². The average Bonchev–Trinajstić information content (AvgIpc) is 1.95. The summed E-state index contributed by atoms with van der Waals surface area (Å²) in [6.07, 6.45) is 1.78. The van der Waals surface area contributed by atoms with Gasteiger partial charge in [-0.3, -0.25) is 0 Å². The highest BCUT2D eigenvalue weighted by Crippen LogP contribution is 2.57. The Morgan fingerprint density at radius 3 is 2.64 bits per heavy atom. The number of hydrogen-bond donors (Lipinski definition) is 0. The van der Waals surface area contributed by atoms with Gasteiger partial charge in [0.1, 0.15) is 0 Å². The van der Waals surface area contributed by atoms with E-state index in [1.807, 2.05) is 6.92 Å². The van der Waals surface area contributed by atoms with Gasteiger partial charge in [0.2, 0.25) is 0 Å². The zero-order valence-corrected chi connectivity index (χ0v) is 6.91. The molecule has 0 radical (unpaired) electrons. The number of hydrogen-bond acceptors (Lipinski definition) is 6. The molecule has 1 heterocycles. The van der Waals surface area contributed by atoms with E-state index in [0.29, 0.717) is 6.61 Å². The van der Waals surface area contributed by atoms with Crippen LogP contribution < -0.4 is 0 Å². The van der Waals surface area contributed by atoms with Gasteiger partial charge in [0.15, 0.2) is 0 Å². The second kappa shape index (κ2) is 4.15. The van der Waals surface area contributed by atoms with Gasteiger partial charge in [-0.15, -0.1) is 4.67 Å². The lowest BCUT2D eigenvalue weighted by molar-refractivity contribution is -0.512. The summed E-state index contributed by atoms with van der Waals surface area (Å²) < 4.78 is 22.9. The molecule has 6 nitrogen and oxygen atoms in total. The van der Waals surface area contributed by atoms with E-state index in [9.17, 15) is 4.57 Å². The van der Waals surface area contributed by atoms with Crippen molar-refractivity contribution in [1.29, 1.82) is 0 Å². The molecule has 0 aliphatic carbocycles. The van der Waals surface area contributed by atoms with E-state index in [-0.39, 0.29) is 0 Å². The van der Waals surface area contributed by atoms with E-state index in [4.69, 9.17) is 0 Å². The van der Waals surface area contributed by atoms with Crippen LogP contribution >= 0.6 is 7.82 Å². The summed E-state index contributed by atoms with van der Waals surface area (Å²) in [4.78, 5) is 4.49. The third-order valence-electron chi connectivity index (χ3n) is 0.969. The van der Waals surface area contributed by atoms with Gasteiger partial charge in [-0.2, -0.15) is 0 Å². The van der Waals surface area contributed by atoms with E-state index in [1.165, 1.54) is 0 Å². The fraction of sp³-hybridized carbons (Fsp3) is 1.00. The van der Waals surface area contributed by atoms with Gasteiger partial charge in [0.05, 0.1) is 6.61 Å².